The van der Waals surface area contributed by atoms with Crippen LogP contribution in [0.4, 0.5) is 13.2 Å². The van der Waals surface area contributed by atoms with Gasteiger partial charge in [-0.2, -0.15) is 13.2 Å². The molecule has 0 unspecified atom stereocenters. The van der Waals surface area contributed by atoms with Crippen LogP contribution in [-0.4, -0.2) is 23.7 Å². The van der Waals surface area contributed by atoms with E-state index in [9.17, 15) is 18.0 Å². The molecule has 1 amide bonds. The summed E-state index contributed by atoms with van der Waals surface area (Å²) in [4.78, 5) is 18.0. The molecule has 8 heteroatoms. The van der Waals surface area contributed by atoms with Crippen molar-refractivity contribution in [3.63, 3.8) is 0 Å². The van der Waals surface area contributed by atoms with E-state index in [-0.39, 0.29) is 28.8 Å². The second-order valence-corrected chi connectivity index (χ2v) is 8.25. The molecule has 1 fully saturated rings. The molecule has 3 atom stereocenters. The Balaban J connectivity index is 1.34. The Morgan fingerprint density at radius 1 is 1.24 bits per heavy atom. The van der Waals surface area contributed by atoms with E-state index in [2.05, 4.69) is 10.3 Å². The summed E-state index contributed by atoms with van der Waals surface area (Å²) < 4.78 is 41.5. The molecule has 29 heavy (non-hydrogen) atoms. The lowest BCUT2D eigenvalue weighted by molar-refractivity contribution is -0.152. The second-order valence-electron chi connectivity index (χ2n) is 7.17. The molecule has 1 aliphatic carbocycles. The Labute approximate surface area is 169 Å². The highest BCUT2D eigenvalue weighted by Crippen LogP contribution is 2.47. The molecule has 1 saturated carbocycles. The number of thiophene rings is 1. The fourth-order valence-corrected chi connectivity index (χ4v) is 4.15. The van der Waals surface area contributed by atoms with Crippen molar-refractivity contribution in [2.75, 3.05) is 6.61 Å². The molecule has 4 nitrogen and oxygen atoms in total. The zero-order valence-corrected chi connectivity index (χ0v) is 16.4. The fraction of sp³-hybridized carbons (Fsp3) is 0.333. The molecule has 3 aromatic rings. The number of para-hydroxylation sites is 1. The molecule has 0 bridgehead atoms. The molecule has 4 rings (SSSR count). The number of carbonyl (C=O) groups excluding carboxylic acids is 1. The number of hydrogen-bond donors (Lipinski definition) is 1. The van der Waals surface area contributed by atoms with Crippen LogP contribution in [0.5, 0.6) is 5.06 Å². The number of benzene rings is 1. The Morgan fingerprint density at radius 3 is 2.83 bits per heavy atom. The molecule has 0 aliphatic heterocycles. The third kappa shape index (κ3) is 4.70. The van der Waals surface area contributed by atoms with E-state index in [1.807, 2.05) is 43.3 Å². The molecule has 1 aliphatic rings. The molecule has 2 aromatic heterocycles. The van der Waals surface area contributed by atoms with Gasteiger partial charge >= 0.3 is 6.18 Å². The molecule has 2 heterocycles. The van der Waals surface area contributed by atoms with Gasteiger partial charge in [0, 0.05) is 27.8 Å². The number of rotatable bonds is 6. The monoisotopic (exact) mass is 420 g/mol. The number of halogens is 3. The van der Waals surface area contributed by atoms with Gasteiger partial charge in [0.15, 0.2) is 11.7 Å². The number of ether oxygens (including phenoxy) is 1. The lowest BCUT2D eigenvalue weighted by Crippen LogP contribution is -2.28. The molecule has 0 spiro atoms. The Morgan fingerprint density at radius 2 is 2.03 bits per heavy atom. The van der Waals surface area contributed by atoms with E-state index >= 15 is 0 Å². The quantitative estimate of drug-likeness (QED) is 0.595. The second kappa shape index (κ2) is 7.67. The molecule has 1 aromatic carbocycles. The number of nitrogens with zero attached hydrogens (tertiary/aromatic N) is 1. The maximum absolute atomic E-state index is 12.6. The highest BCUT2D eigenvalue weighted by Gasteiger charge is 2.45. The third-order valence-corrected chi connectivity index (χ3v) is 6.07. The van der Waals surface area contributed by atoms with Crippen LogP contribution in [-0.2, 0) is 4.79 Å². The molecule has 0 saturated heterocycles. The zero-order chi connectivity index (χ0) is 20.6. The van der Waals surface area contributed by atoms with Gasteiger partial charge in [-0.25, -0.2) is 0 Å². The highest BCUT2D eigenvalue weighted by atomic mass is 32.1. The van der Waals surface area contributed by atoms with Gasteiger partial charge in [0.05, 0.1) is 11.6 Å². The lowest BCUT2D eigenvalue weighted by Gasteiger charge is -2.12. The standard InChI is InChI=1S/C21H19F3N2O2S/c1-12(18-8-9-19(29-18)28-11-21(22,23)24)25-20(27)15-10-14(15)17-7-6-13-4-2-3-5-16(13)26-17/h2-9,12,14-15H,10-11H2,1H3,(H,25,27)/t12-,14-,15-/m1/s1. The summed E-state index contributed by atoms with van der Waals surface area (Å²) in [5, 5.41) is 4.19. The summed E-state index contributed by atoms with van der Waals surface area (Å²) in [6.45, 7) is 0.485. The van der Waals surface area contributed by atoms with Crippen LogP contribution in [0.15, 0.2) is 48.5 Å². The van der Waals surface area contributed by atoms with Crippen LogP contribution in [0.3, 0.4) is 0 Å². The Bertz CT molecular complexity index is 1030. The van der Waals surface area contributed by atoms with Crippen molar-refractivity contribution in [1.29, 1.82) is 0 Å². The fourth-order valence-electron chi connectivity index (χ4n) is 3.29. The first kappa shape index (κ1) is 19.7. The summed E-state index contributed by atoms with van der Waals surface area (Å²) >= 11 is 1.11. The number of pyridine rings is 1. The van der Waals surface area contributed by atoms with Gasteiger partial charge < -0.3 is 10.1 Å². The maximum Gasteiger partial charge on any atom is 0.422 e. The van der Waals surface area contributed by atoms with Gasteiger partial charge in [-0.15, -0.1) is 11.3 Å². The predicted molar refractivity (Wildman–Crippen MR) is 105 cm³/mol. The first-order valence-corrected chi connectivity index (χ1v) is 10.1. The van der Waals surface area contributed by atoms with E-state index in [0.29, 0.717) is 0 Å². The van der Waals surface area contributed by atoms with E-state index in [1.54, 1.807) is 6.07 Å². The van der Waals surface area contributed by atoms with Crippen LogP contribution in [0.2, 0.25) is 0 Å². The Kier molecular flexibility index (Phi) is 5.21. The lowest BCUT2D eigenvalue weighted by atomic mass is 10.1. The van der Waals surface area contributed by atoms with Gasteiger partial charge in [0.1, 0.15) is 0 Å². The number of amides is 1. The van der Waals surface area contributed by atoms with Gasteiger partial charge in [-0.05, 0) is 37.6 Å². The van der Waals surface area contributed by atoms with Crippen LogP contribution >= 0.6 is 11.3 Å². The van der Waals surface area contributed by atoms with Crippen molar-refractivity contribution in [1.82, 2.24) is 10.3 Å². The van der Waals surface area contributed by atoms with Crippen LogP contribution in [0, 0.1) is 5.92 Å². The average molecular weight is 420 g/mol. The SMILES string of the molecule is C[C@@H](NC(=O)[C@@H]1C[C@H]1c1ccc2ccccc2n1)c1ccc(OCC(F)(F)F)s1. The smallest absolute Gasteiger partial charge is 0.422 e. The van der Waals surface area contributed by atoms with Crippen molar-refractivity contribution in [2.24, 2.45) is 5.92 Å². The average Bonchev–Trinajstić information content (AvgIpc) is 3.35. The van der Waals surface area contributed by atoms with Crippen molar-refractivity contribution >= 4 is 28.1 Å². The number of aromatic nitrogens is 1. The van der Waals surface area contributed by atoms with Crippen molar-refractivity contribution in [2.45, 2.75) is 31.5 Å². The van der Waals surface area contributed by atoms with Gasteiger partial charge in [0.2, 0.25) is 5.91 Å². The van der Waals surface area contributed by atoms with Gasteiger partial charge in [0.25, 0.3) is 0 Å². The highest BCUT2D eigenvalue weighted by molar-refractivity contribution is 7.13. The topological polar surface area (TPSA) is 51.2 Å². The zero-order valence-electron chi connectivity index (χ0n) is 15.6. The third-order valence-electron chi connectivity index (χ3n) is 4.89. The summed E-state index contributed by atoms with van der Waals surface area (Å²) in [6, 6.07) is 14.7. The van der Waals surface area contributed by atoms with E-state index in [0.717, 1.165) is 39.2 Å². The van der Waals surface area contributed by atoms with Crippen molar-refractivity contribution < 1.29 is 22.7 Å². The molecular weight excluding hydrogens is 401 g/mol. The number of hydrogen-bond acceptors (Lipinski definition) is 4. The van der Waals surface area contributed by atoms with Gasteiger partial charge in [-0.1, -0.05) is 24.3 Å². The van der Waals surface area contributed by atoms with Gasteiger partial charge in [-0.3, -0.25) is 9.78 Å². The summed E-state index contributed by atoms with van der Waals surface area (Å²) in [6.07, 6.45) is -3.63. The first-order chi connectivity index (χ1) is 13.8. The van der Waals surface area contributed by atoms with Crippen LogP contribution in [0.25, 0.3) is 10.9 Å². The molecule has 0 radical (unpaired) electrons. The maximum atomic E-state index is 12.6. The number of alkyl halides is 3. The minimum absolute atomic E-state index is 0.0661. The number of nitrogens with one attached hydrogen (secondary N) is 1. The molecule has 1 N–H and O–H groups in total. The first-order valence-electron chi connectivity index (χ1n) is 9.25. The summed E-state index contributed by atoms with van der Waals surface area (Å²) in [7, 11) is 0. The van der Waals surface area contributed by atoms with Crippen LogP contribution in [0.1, 0.15) is 35.9 Å². The van der Waals surface area contributed by atoms with Crippen molar-refractivity contribution in [3.8, 4) is 5.06 Å². The molecule has 152 valence electrons. The number of fused-ring (bicyclic) bond motifs is 1. The van der Waals surface area contributed by atoms with E-state index < -0.39 is 12.8 Å². The van der Waals surface area contributed by atoms with E-state index in [1.165, 1.54) is 6.07 Å². The minimum atomic E-state index is -4.37. The predicted octanol–water partition coefficient (Wildman–Crippen LogP) is 5.22. The molecular formula is C21H19F3N2O2S. The summed E-state index contributed by atoms with van der Waals surface area (Å²) in [5.41, 5.74) is 1.82. The van der Waals surface area contributed by atoms with Crippen LogP contribution < -0.4 is 10.1 Å². The minimum Gasteiger partial charge on any atom is -0.475 e. The largest absolute Gasteiger partial charge is 0.475 e. The Hall–Kier alpha value is -2.61. The number of carbonyl (C=O) groups is 1. The van der Waals surface area contributed by atoms with E-state index in [4.69, 9.17) is 4.74 Å². The van der Waals surface area contributed by atoms with Crippen molar-refractivity contribution in [3.05, 3.63) is 59.1 Å². The summed E-state index contributed by atoms with van der Waals surface area (Å²) in [5.74, 6) is -0.100. The normalized spacial score (nSPS) is 19.7.